The second kappa shape index (κ2) is 4.52. The summed E-state index contributed by atoms with van der Waals surface area (Å²) < 4.78 is 5.48. The first kappa shape index (κ1) is 12.3. The molecule has 2 fully saturated rings. The van der Waals surface area contributed by atoms with Gasteiger partial charge in [0.25, 0.3) is 0 Å². The number of hydrogen-bond donors (Lipinski definition) is 0. The maximum atomic E-state index is 12.6. The van der Waals surface area contributed by atoms with Crippen molar-refractivity contribution in [3.05, 3.63) is 34.9 Å². The third-order valence-corrected chi connectivity index (χ3v) is 5.14. The summed E-state index contributed by atoms with van der Waals surface area (Å²) in [5.41, 5.74) is 3.45. The Hall–Kier alpha value is -1.48. The van der Waals surface area contributed by atoms with Crippen molar-refractivity contribution < 1.29 is 14.3 Å². The molecule has 3 atom stereocenters. The lowest BCUT2D eigenvalue weighted by atomic mass is 9.61. The van der Waals surface area contributed by atoms with Gasteiger partial charge < -0.3 is 4.74 Å². The van der Waals surface area contributed by atoms with Crippen LogP contribution in [0.2, 0.25) is 0 Å². The molecule has 1 aliphatic heterocycles. The lowest BCUT2D eigenvalue weighted by Crippen LogP contribution is -2.45. The zero-order valence-corrected chi connectivity index (χ0v) is 11.4. The lowest BCUT2D eigenvalue weighted by molar-refractivity contribution is -0.142. The Kier molecular flexibility index (Phi) is 2.77. The molecule has 1 saturated carbocycles. The number of ether oxygens (including phenoxy) is 1. The topological polar surface area (TPSA) is 43.4 Å². The van der Waals surface area contributed by atoms with Gasteiger partial charge in [0.2, 0.25) is 11.6 Å². The molecule has 20 heavy (non-hydrogen) atoms. The molecule has 0 amide bonds. The number of Topliss-reactive ketones (excluding diaryl/α,β-unsaturated/α-hetero) is 2. The van der Waals surface area contributed by atoms with Crippen LogP contribution < -0.4 is 0 Å². The molecule has 3 nitrogen and oxygen atoms in total. The average Bonchev–Trinajstić information content (AvgIpc) is 2.51. The highest BCUT2D eigenvalue weighted by Crippen LogP contribution is 2.47. The molecule has 4 aliphatic rings. The van der Waals surface area contributed by atoms with Crippen molar-refractivity contribution in [1.29, 1.82) is 0 Å². The fourth-order valence-corrected chi connectivity index (χ4v) is 4.16. The summed E-state index contributed by atoms with van der Waals surface area (Å²) in [6, 6.07) is 0. The van der Waals surface area contributed by atoms with Crippen LogP contribution in [0.5, 0.6) is 0 Å². The van der Waals surface area contributed by atoms with E-state index in [9.17, 15) is 9.59 Å². The minimum Gasteiger partial charge on any atom is -0.377 e. The Morgan fingerprint density at radius 3 is 2.85 bits per heavy atom. The Morgan fingerprint density at radius 1 is 1.05 bits per heavy atom. The number of ketones is 2. The SMILES string of the molecule is O=C1C(=O)C2C(=CC=C3COCCC32)C2=CCCCC12. The van der Waals surface area contributed by atoms with Gasteiger partial charge in [0.15, 0.2) is 0 Å². The van der Waals surface area contributed by atoms with Gasteiger partial charge in [0.1, 0.15) is 0 Å². The van der Waals surface area contributed by atoms with Gasteiger partial charge in [-0.1, -0.05) is 18.2 Å². The fraction of sp³-hybridized carbons (Fsp3) is 0.529. The monoisotopic (exact) mass is 270 g/mol. The predicted octanol–water partition coefficient (Wildman–Crippen LogP) is 2.38. The average molecular weight is 270 g/mol. The fourth-order valence-electron chi connectivity index (χ4n) is 4.16. The summed E-state index contributed by atoms with van der Waals surface area (Å²) in [6.45, 7) is 1.30. The predicted molar refractivity (Wildman–Crippen MR) is 74.0 cm³/mol. The number of carbonyl (C=O) groups is 2. The van der Waals surface area contributed by atoms with Gasteiger partial charge in [-0.15, -0.1) is 0 Å². The normalized spacial score (nSPS) is 36.2. The van der Waals surface area contributed by atoms with Gasteiger partial charge in [-0.05, 0) is 48.3 Å². The molecule has 1 heterocycles. The van der Waals surface area contributed by atoms with Crippen LogP contribution in [-0.2, 0) is 14.3 Å². The van der Waals surface area contributed by atoms with Crippen molar-refractivity contribution in [3.63, 3.8) is 0 Å². The van der Waals surface area contributed by atoms with Crippen LogP contribution in [0.15, 0.2) is 34.9 Å². The van der Waals surface area contributed by atoms with Gasteiger partial charge in [-0.25, -0.2) is 0 Å². The number of carbonyl (C=O) groups excluding carboxylic acids is 2. The summed E-state index contributed by atoms with van der Waals surface area (Å²) in [4.78, 5) is 25.0. The zero-order chi connectivity index (χ0) is 13.7. The van der Waals surface area contributed by atoms with Crippen molar-refractivity contribution >= 4 is 11.6 Å². The van der Waals surface area contributed by atoms with E-state index in [2.05, 4.69) is 18.2 Å². The van der Waals surface area contributed by atoms with Crippen LogP contribution in [0.3, 0.4) is 0 Å². The second-order valence-electron chi connectivity index (χ2n) is 6.16. The summed E-state index contributed by atoms with van der Waals surface area (Å²) >= 11 is 0. The highest BCUT2D eigenvalue weighted by molar-refractivity contribution is 6.41. The van der Waals surface area contributed by atoms with Crippen molar-refractivity contribution in [2.24, 2.45) is 17.8 Å². The van der Waals surface area contributed by atoms with E-state index in [-0.39, 0.29) is 29.3 Å². The summed E-state index contributed by atoms with van der Waals surface area (Å²) in [7, 11) is 0. The van der Waals surface area contributed by atoms with Crippen LogP contribution in [0.1, 0.15) is 25.7 Å². The molecule has 0 aromatic carbocycles. The first-order chi connectivity index (χ1) is 9.77. The molecule has 1 saturated heterocycles. The van der Waals surface area contributed by atoms with Crippen LogP contribution in [0, 0.1) is 17.8 Å². The van der Waals surface area contributed by atoms with Gasteiger partial charge in [-0.2, -0.15) is 0 Å². The Bertz CT molecular complexity index is 579. The van der Waals surface area contributed by atoms with Gasteiger partial charge in [0, 0.05) is 6.61 Å². The number of rotatable bonds is 0. The highest BCUT2D eigenvalue weighted by atomic mass is 16.5. The molecule has 4 rings (SSSR count). The van der Waals surface area contributed by atoms with Gasteiger partial charge >= 0.3 is 0 Å². The van der Waals surface area contributed by atoms with Crippen molar-refractivity contribution in [3.8, 4) is 0 Å². The minimum atomic E-state index is -0.230. The Morgan fingerprint density at radius 2 is 1.95 bits per heavy atom. The quantitative estimate of drug-likeness (QED) is 0.635. The molecule has 0 bridgehead atoms. The van der Waals surface area contributed by atoms with E-state index in [0.717, 1.165) is 36.8 Å². The van der Waals surface area contributed by atoms with E-state index in [1.807, 2.05) is 0 Å². The molecular weight excluding hydrogens is 252 g/mol. The molecular formula is C17H18O3. The van der Waals surface area contributed by atoms with Crippen LogP contribution in [0.4, 0.5) is 0 Å². The van der Waals surface area contributed by atoms with E-state index < -0.39 is 0 Å². The van der Waals surface area contributed by atoms with Crippen molar-refractivity contribution in [2.75, 3.05) is 13.2 Å². The second-order valence-corrected chi connectivity index (χ2v) is 6.16. The number of hydrogen-bond acceptors (Lipinski definition) is 3. The summed E-state index contributed by atoms with van der Waals surface area (Å²) in [6.07, 6.45) is 10.1. The molecule has 0 aromatic heterocycles. The lowest BCUT2D eigenvalue weighted by Gasteiger charge is -2.41. The molecule has 0 aromatic rings. The maximum Gasteiger partial charge on any atom is 0.207 e. The number of allylic oxidation sites excluding steroid dienone is 5. The van der Waals surface area contributed by atoms with E-state index in [0.29, 0.717) is 13.2 Å². The standard InChI is InChI=1S/C17H18O3/c18-16-14-4-2-1-3-12(14)13-6-5-10-9-20-8-7-11(10)15(13)17(16)19/h3,5-6,11,14-15H,1-2,4,7-9H2. The summed E-state index contributed by atoms with van der Waals surface area (Å²) in [5, 5.41) is 0. The third-order valence-electron chi connectivity index (χ3n) is 5.14. The number of fused-ring (bicyclic) bond motifs is 5. The first-order valence-electron chi connectivity index (χ1n) is 7.54. The Labute approximate surface area is 118 Å². The van der Waals surface area contributed by atoms with E-state index in [1.54, 1.807) is 0 Å². The van der Waals surface area contributed by atoms with Crippen LogP contribution in [0.25, 0.3) is 0 Å². The van der Waals surface area contributed by atoms with Crippen LogP contribution >= 0.6 is 0 Å². The van der Waals surface area contributed by atoms with Gasteiger partial charge in [-0.3, -0.25) is 9.59 Å². The third kappa shape index (κ3) is 1.62. The minimum absolute atomic E-state index is 0.147. The van der Waals surface area contributed by atoms with Gasteiger partial charge in [0.05, 0.1) is 18.4 Å². The highest BCUT2D eigenvalue weighted by Gasteiger charge is 2.48. The van der Waals surface area contributed by atoms with E-state index in [1.165, 1.54) is 5.57 Å². The maximum absolute atomic E-state index is 12.6. The van der Waals surface area contributed by atoms with Crippen LogP contribution in [-0.4, -0.2) is 24.8 Å². The zero-order valence-electron chi connectivity index (χ0n) is 11.4. The molecule has 0 radical (unpaired) electrons. The summed E-state index contributed by atoms with van der Waals surface area (Å²) in [5.74, 6) is -0.506. The van der Waals surface area contributed by atoms with E-state index in [4.69, 9.17) is 4.74 Å². The molecule has 3 heteroatoms. The first-order valence-corrected chi connectivity index (χ1v) is 7.54. The molecule has 3 unspecified atom stereocenters. The van der Waals surface area contributed by atoms with Crippen molar-refractivity contribution in [1.82, 2.24) is 0 Å². The molecule has 0 N–H and O–H groups in total. The smallest absolute Gasteiger partial charge is 0.207 e. The van der Waals surface area contributed by atoms with E-state index >= 15 is 0 Å². The Balaban J connectivity index is 1.83. The molecule has 0 spiro atoms. The molecule has 3 aliphatic carbocycles. The van der Waals surface area contributed by atoms with Crippen molar-refractivity contribution in [2.45, 2.75) is 25.7 Å². The molecule has 104 valence electrons. The largest absolute Gasteiger partial charge is 0.377 e.